The number of methoxy groups -OCH3 is 1. The number of carbonyl (C=O) groups excluding carboxylic acids is 2. The van der Waals surface area contributed by atoms with Gasteiger partial charge < -0.3 is 15.0 Å². The van der Waals surface area contributed by atoms with E-state index in [0.717, 1.165) is 16.7 Å². The number of amides is 2. The van der Waals surface area contributed by atoms with Crippen LogP contribution in [0.25, 0.3) is 0 Å². The minimum atomic E-state index is -0.722. The van der Waals surface area contributed by atoms with Crippen LogP contribution in [-0.4, -0.2) is 35.9 Å². The van der Waals surface area contributed by atoms with Crippen LogP contribution in [0.3, 0.4) is 0 Å². The lowest BCUT2D eigenvalue weighted by molar-refractivity contribution is -0.141. The van der Waals surface area contributed by atoms with Crippen LogP contribution >= 0.6 is 0 Å². The first-order valence-electron chi connectivity index (χ1n) is 11.4. The van der Waals surface area contributed by atoms with Gasteiger partial charge in [0.1, 0.15) is 17.6 Å². The molecule has 0 spiro atoms. The highest BCUT2D eigenvalue weighted by Crippen LogP contribution is 2.18. The highest BCUT2D eigenvalue weighted by atomic mass is 19.1. The van der Waals surface area contributed by atoms with Crippen molar-refractivity contribution in [3.05, 3.63) is 101 Å². The fourth-order valence-corrected chi connectivity index (χ4v) is 3.74. The summed E-state index contributed by atoms with van der Waals surface area (Å²) in [6, 6.07) is 22.1. The van der Waals surface area contributed by atoms with Gasteiger partial charge in [-0.15, -0.1) is 0 Å². The van der Waals surface area contributed by atoms with Crippen molar-refractivity contribution < 1.29 is 18.7 Å². The molecule has 178 valence electrons. The number of hydrogen-bond acceptors (Lipinski definition) is 3. The quantitative estimate of drug-likeness (QED) is 0.481. The number of benzene rings is 3. The maximum Gasteiger partial charge on any atom is 0.243 e. The van der Waals surface area contributed by atoms with E-state index in [-0.39, 0.29) is 36.6 Å². The van der Waals surface area contributed by atoms with Gasteiger partial charge in [0.25, 0.3) is 0 Å². The third kappa shape index (κ3) is 7.17. The van der Waals surface area contributed by atoms with Crippen LogP contribution in [0, 0.1) is 5.82 Å². The summed E-state index contributed by atoms with van der Waals surface area (Å²) in [6.07, 6.45) is 0.500. The average Bonchev–Trinajstić information content (AvgIpc) is 2.83. The molecule has 0 aliphatic carbocycles. The van der Waals surface area contributed by atoms with E-state index < -0.39 is 6.04 Å². The first-order chi connectivity index (χ1) is 16.4. The molecule has 6 heteroatoms. The summed E-state index contributed by atoms with van der Waals surface area (Å²) < 4.78 is 18.7. The second kappa shape index (κ2) is 12.0. The highest BCUT2D eigenvalue weighted by molar-refractivity contribution is 5.89. The molecule has 0 bridgehead atoms. The molecule has 0 aliphatic rings. The summed E-state index contributed by atoms with van der Waals surface area (Å²) in [5, 5.41) is 2.96. The molecule has 1 N–H and O–H groups in total. The number of halogens is 1. The SMILES string of the molecule is COc1ccc(CC(=O)N(Cc2ccc(F)cc2)[C@H](Cc2ccccc2)C(=O)NC(C)C)cc1. The maximum absolute atomic E-state index is 13.6. The molecule has 3 aromatic carbocycles. The van der Waals surface area contributed by atoms with Crippen molar-refractivity contribution in [2.24, 2.45) is 0 Å². The minimum absolute atomic E-state index is 0.0739. The molecular weight excluding hydrogens is 431 g/mol. The van der Waals surface area contributed by atoms with Gasteiger partial charge in [-0.2, -0.15) is 0 Å². The monoisotopic (exact) mass is 462 g/mol. The number of ether oxygens (including phenoxy) is 1. The number of carbonyl (C=O) groups is 2. The minimum Gasteiger partial charge on any atom is -0.497 e. The van der Waals surface area contributed by atoms with Crippen LogP contribution < -0.4 is 10.1 Å². The van der Waals surface area contributed by atoms with Crippen molar-refractivity contribution in [1.29, 1.82) is 0 Å². The van der Waals surface area contributed by atoms with Gasteiger partial charge in [0.05, 0.1) is 13.5 Å². The van der Waals surface area contributed by atoms with Crippen molar-refractivity contribution >= 4 is 11.8 Å². The number of hydrogen-bond donors (Lipinski definition) is 1. The van der Waals surface area contributed by atoms with E-state index in [9.17, 15) is 14.0 Å². The second-order valence-corrected chi connectivity index (χ2v) is 8.54. The Hall–Kier alpha value is -3.67. The third-order valence-corrected chi connectivity index (χ3v) is 5.48. The predicted molar refractivity (Wildman–Crippen MR) is 131 cm³/mol. The topological polar surface area (TPSA) is 58.6 Å². The lowest BCUT2D eigenvalue weighted by Crippen LogP contribution is -2.52. The van der Waals surface area contributed by atoms with E-state index in [1.54, 1.807) is 36.3 Å². The van der Waals surface area contributed by atoms with Gasteiger partial charge in [0.2, 0.25) is 11.8 Å². The van der Waals surface area contributed by atoms with Crippen molar-refractivity contribution in [1.82, 2.24) is 10.2 Å². The van der Waals surface area contributed by atoms with Gasteiger partial charge in [-0.25, -0.2) is 4.39 Å². The largest absolute Gasteiger partial charge is 0.497 e. The lowest BCUT2D eigenvalue weighted by Gasteiger charge is -2.32. The first kappa shape index (κ1) is 25.0. The van der Waals surface area contributed by atoms with E-state index in [1.165, 1.54) is 12.1 Å². The van der Waals surface area contributed by atoms with Gasteiger partial charge in [-0.05, 0) is 54.8 Å². The molecular formula is C28H31FN2O3. The van der Waals surface area contributed by atoms with Crippen LogP contribution in [0.5, 0.6) is 5.75 Å². The zero-order valence-corrected chi connectivity index (χ0v) is 19.8. The molecule has 0 unspecified atom stereocenters. The van der Waals surface area contributed by atoms with Crippen molar-refractivity contribution in [3.8, 4) is 5.75 Å². The fraction of sp³-hybridized carbons (Fsp3) is 0.286. The van der Waals surface area contributed by atoms with E-state index in [4.69, 9.17) is 4.74 Å². The molecule has 0 radical (unpaired) electrons. The first-order valence-corrected chi connectivity index (χ1v) is 11.4. The van der Waals surface area contributed by atoms with Gasteiger partial charge in [-0.3, -0.25) is 9.59 Å². The maximum atomic E-state index is 13.6. The van der Waals surface area contributed by atoms with Crippen LogP contribution in [-0.2, 0) is 29.0 Å². The van der Waals surface area contributed by atoms with Gasteiger partial charge in [-0.1, -0.05) is 54.6 Å². The molecule has 5 nitrogen and oxygen atoms in total. The Labute approximate surface area is 200 Å². The normalized spacial score (nSPS) is 11.7. The third-order valence-electron chi connectivity index (χ3n) is 5.48. The van der Waals surface area contributed by atoms with Crippen LogP contribution in [0.4, 0.5) is 4.39 Å². The molecule has 3 rings (SSSR count). The molecule has 34 heavy (non-hydrogen) atoms. The van der Waals surface area contributed by atoms with Crippen LogP contribution in [0.1, 0.15) is 30.5 Å². The number of nitrogens with zero attached hydrogens (tertiary/aromatic N) is 1. The highest BCUT2D eigenvalue weighted by Gasteiger charge is 2.30. The predicted octanol–water partition coefficient (Wildman–Crippen LogP) is 4.54. The Morgan fingerprint density at radius 3 is 2.09 bits per heavy atom. The molecule has 3 aromatic rings. The summed E-state index contributed by atoms with van der Waals surface area (Å²) in [6.45, 7) is 3.97. The Morgan fingerprint density at radius 1 is 0.882 bits per heavy atom. The molecule has 0 aromatic heterocycles. The Kier molecular flexibility index (Phi) is 8.79. The molecule has 0 heterocycles. The van der Waals surface area contributed by atoms with Crippen molar-refractivity contribution in [2.45, 2.75) is 45.3 Å². The summed E-state index contributed by atoms with van der Waals surface area (Å²) in [5.41, 5.74) is 2.52. The molecule has 0 fully saturated rings. The van der Waals surface area contributed by atoms with E-state index in [0.29, 0.717) is 12.2 Å². The zero-order chi connectivity index (χ0) is 24.5. The second-order valence-electron chi connectivity index (χ2n) is 8.54. The summed E-state index contributed by atoms with van der Waals surface area (Å²) in [5.74, 6) is -0.0470. The zero-order valence-electron chi connectivity index (χ0n) is 19.8. The van der Waals surface area contributed by atoms with Gasteiger partial charge in [0, 0.05) is 19.0 Å². The molecule has 0 aliphatic heterocycles. The number of rotatable bonds is 10. The van der Waals surface area contributed by atoms with Gasteiger partial charge >= 0.3 is 0 Å². The number of nitrogens with one attached hydrogen (secondary N) is 1. The molecule has 0 saturated heterocycles. The molecule has 2 amide bonds. The van der Waals surface area contributed by atoms with E-state index in [2.05, 4.69) is 5.32 Å². The average molecular weight is 463 g/mol. The Balaban J connectivity index is 1.94. The Morgan fingerprint density at radius 2 is 1.50 bits per heavy atom. The lowest BCUT2D eigenvalue weighted by atomic mass is 10.0. The van der Waals surface area contributed by atoms with E-state index in [1.807, 2.05) is 56.3 Å². The van der Waals surface area contributed by atoms with E-state index >= 15 is 0 Å². The summed E-state index contributed by atoms with van der Waals surface area (Å²) >= 11 is 0. The molecule has 1 atom stereocenters. The smallest absolute Gasteiger partial charge is 0.243 e. The Bertz CT molecular complexity index is 1070. The fourth-order valence-electron chi connectivity index (χ4n) is 3.74. The van der Waals surface area contributed by atoms with Crippen LogP contribution in [0.2, 0.25) is 0 Å². The molecule has 0 saturated carbocycles. The van der Waals surface area contributed by atoms with Crippen molar-refractivity contribution in [3.63, 3.8) is 0 Å². The standard InChI is InChI=1S/C28H31FN2O3/c1-20(2)30-28(33)26(17-21-7-5-4-6-8-21)31(19-23-9-13-24(29)14-10-23)27(32)18-22-11-15-25(34-3)16-12-22/h4-16,20,26H,17-19H2,1-3H3,(H,30,33)/t26-/m1/s1. The van der Waals surface area contributed by atoms with Crippen molar-refractivity contribution in [2.75, 3.05) is 7.11 Å². The van der Waals surface area contributed by atoms with Gasteiger partial charge in [0.15, 0.2) is 0 Å². The summed E-state index contributed by atoms with van der Waals surface area (Å²) in [4.78, 5) is 28.5. The van der Waals surface area contributed by atoms with Crippen LogP contribution in [0.15, 0.2) is 78.9 Å². The summed E-state index contributed by atoms with van der Waals surface area (Å²) in [7, 11) is 1.59.